The number of hydrogen-bond donors (Lipinski definition) is 2. The summed E-state index contributed by atoms with van der Waals surface area (Å²) in [6.07, 6.45) is 5.81. The first-order valence-corrected chi connectivity index (χ1v) is 10.2. The zero-order valence-corrected chi connectivity index (χ0v) is 15.7. The van der Waals surface area contributed by atoms with Gasteiger partial charge in [0.2, 0.25) is 0 Å². The van der Waals surface area contributed by atoms with Gasteiger partial charge in [-0.1, -0.05) is 27.7 Å². The highest BCUT2D eigenvalue weighted by Crippen LogP contribution is 2.77. The summed E-state index contributed by atoms with van der Waals surface area (Å²) in [6.45, 7) is 8.81. The van der Waals surface area contributed by atoms with E-state index in [0.29, 0.717) is 11.8 Å². The second-order valence-electron chi connectivity index (χ2n) is 11.4. The standard InChI is InChI=1S/C21H34O3/c1-11(5-19(2,3)4)18(22)24-20-6-12-13(7-20)16-10-21(23)9-14(12)15(8-20)17(16)21/h11-18,22-23H,5-10H2,1-4H3. The first-order valence-electron chi connectivity index (χ1n) is 10.2. The topological polar surface area (TPSA) is 49.7 Å². The van der Waals surface area contributed by atoms with E-state index < -0.39 is 6.29 Å². The van der Waals surface area contributed by atoms with Gasteiger partial charge in [0, 0.05) is 5.92 Å². The van der Waals surface area contributed by atoms with Crippen molar-refractivity contribution in [3.63, 3.8) is 0 Å². The minimum Gasteiger partial charge on any atom is -0.390 e. The molecule has 3 heteroatoms. The van der Waals surface area contributed by atoms with E-state index in [-0.39, 0.29) is 22.5 Å². The van der Waals surface area contributed by atoms with E-state index >= 15 is 0 Å². The average molecular weight is 335 g/mol. The van der Waals surface area contributed by atoms with Crippen LogP contribution in [0.2, 0.25) is 0 Å². The predicted octanol–water partition coefficient (Wildman–Crippen LogP) is 3.58. The van der Waals surface area contributed by atoms with E-state index in [9.17, 15) is 10.2 Å². The van der Waals surface area contributed by atoms with Crippen molar-refractivity contribution in [3.05, 3.63) is 0 Å². The molecule has 0 saturated heterocycles. The Labute approximate surface area is 146 Å². The first kappa shape index (κ1) is 16.1. The van der Waals surface area contributed by atoms with E-state index in [2.05, 4.69) is 27.7 Å². The SMILES string of the molecule is CC(CC(C)(C)C)C(O)OC12CC3C4CC5(O)CC(C3C1)C5C4C2. The van der Waals surface area contributed by atoms with Crippen molar-refractivity contribution in [1.29, 1.82) is 0 Å². The maximum atomic E-state index is 10.9. The summed E-state index contributed by atoms with van der Waals surface area (Å²) >= 11 is 0. The van der Waals surface area contributed by atoms with Gasteiger partial charge in [-0.15, -0.1) is 0 Å². The third-order valence-electron chi connectivity index (χ3n) is 8.54. The van der Waals surface area contributed by atoms with E-state index in [1.165, 1.54) is 0 Å². The normalized spacial score (nSPS) is 56.2. The lowest BCUT2D eigenvalue weighted by Crippen LogP contribution is -2.56. The monoisotopic (exact) mass is 334 g/mol. The molecule has 24 heavy (non-hydrogen) atoms. The van der Waals surface area contributed by atoms with Crippen molar-refractivity contribution in [1.82, 2.24) is 0 Å². The van der Waals surface area contributed by atoms with Crippen LogP contribution in [-0.4, -0.2) is 27.7 Å². The summed E-state index contributed by atoms with van der Waals surface area (Å²) in [6, 6.07) is 0. The lowest BCUT2D eigenvalue weighted by molar-refractivity contribution is -0.224. The highest BCUT2D eigenvalue weighted by Gasteiger charge is 2.76. The van der Waals surface area contributed by atoms with Gasteiger partial charge in [-0.3, -0.25) is 0 Å². The number of ether oxygens (including phenoxy) is 1. The molecule has 0 radical (unpaired) electrons. The molecule has 0 spiro atoms. The summed E-state index contributed by atoms with van der Waals surface area (Å²) in [7, 11) is 0. The van der Waals surface area contributed by atoms with Gasteiger partial charge < -0.3 is 14.9 Å². The molecule has 0 amide bonds. The fourth-order valence-corrected chi connectivity index (χ4v) is 8.20. The lowest BCUT2D eigenvalue weighted by Gasteiger charge is -2.55. The molecule has 10 unspecified atom stereocenters. The molecule has 0 heterocycles. The molecule has 0 aromatic heterocycles. The summed E-state index contributed by atoms with van der Waals surface area (Å²) in [5.74, 6) is 4.40. The van der Waals surface area contributed by atoms with Crippen LogP contribution in [0.15, 0.2) is 0 Å². The zero-order valence-electron chi connectivity index (χ0n) is 15.7. The molecule has 10 atom stereocenters. The van der Waals surface area contributed by atoms with E-state index in [0.717, 1.165) is 62.2 Å². The molecule has 0 aromatic rings. The Kier molecular flexibility index (Phi) is 3.07. The Morgan fingerprint density at radius 1 is 0.958 bits per heavy atom. The minimum absolute atomic E-state index is 0.0926. The number of hydrogen-bond acceptors (Lipinski definition) is 3. The van der Waals surface area contributed by atoms with Crippen LogP contribution >= 0.6 is 0 Å². The average Bonchev–Trinajstić information content (AvgIpc) is 2.70. The van der Waals surface area contributed by atoms with E-state index in [4.69, 9.17) is 4.74 Å². The summed E-state index contributed by atoms with van der Waals surface area (Å²) in [5, 5.41) is 21.6. The van der Waals surface area contributed by atoms with Crippen molar-refractivity contribution in [3.8, 4) is 0 Å². The Bertz CT molecular complexity index is 554. The molecule has 5 bridgehead atoms. The van der Waals surface area contributed by atoms with Gasteiger partial charge in [0.1, 0.15) is 0 Å². The highest BCUT2D eigenvalue weighted by molar-refractivity contribution is 5.25. The molecular weight excluding hydrogens is 300 g/mol. The molecule has 5 rings (SSSR count). The van der Waals surface area contributed by atoms with Crippen LogP contribution in [0.3, 0.4) is 0 Å². The highest BCUT2D eigenvalue weighted by atomic mass is 16.6. The van der Waals surface area contributed by atoms with Crippen LogP contribution in [0, 0.1) is 46.8 Å². The van der Waals surface area contributed by atoms with Crippen LogP contribution < -0.4 is 0 Å². The fourth-order valence-electron chi connectivity index (χ4n) is 8.20. The molecule has 5 fully saturated rings. The largest absolute Gasteiger partial charge is 0.390 e. The van der Waals surface area contributed by atoms with Crippen molar-refractivity contribution < 1.29 is 14.9 Å². The third-order valence-corrected chi connectivity index (χ3v) is 8.54. The van der Waals surface area contributed by atoms with Crippen molar-refractivity contribution in [2.75, 3.05) is 0 Å². The molecule has 0 aromatic carbocycles. The summed E-state index contributed by atoms with van der Waals surface area (Å²) in [5.41, 5.74) is -0.203. The maximum absolute atomic E-state index is 10.9. The van der Waals surface area contributed by atoms with Gasteiger partial charge >= 0.3 is 0 Å². The molecule has 2 N–H and O–H groups in total. The van der Waals surface area contributed by atoms with Crippen LogP contribution in [-0.2, 0) is 4.74 Å². The van der Waals surface area contributed by atoms with Crippen LogP contribution in [0.5, 0.6) is 0 Å². The van der Waals surface area contributed by atoms with Gasteiger partial charge in [-0.05, 0) is 79.4 Å². The zero-order chi connectivity index (χ0) is 17.1. The van der Waals surface area contributed by atoms with Gasteiger partial charge in [0.05, 0.1) is 11.2 Å². The Morgan fingerprint density at radius 3 is 2.12 bits per heavy atom. The molecular formula is C21H34O3. The van der Waals surface area contributed by atoms with Gasteiger partial charge in [0.25, 0.3) is 0 Å². The third kappa shape index (κ3) is 2.01. The van der Waals surface area contributed by atoms with E-state index in [1.807, 2.05) is 0 Å². The van der Waals surface area contributed by atoms with Gasteiger partial charge in [0.15, 0.2) is 6.29 Å². The number of aliphatic hydroxyl groups is 2. The smallest absolute Gasteiger partial charge is 0.157 e. The first-order chi connectivity index (χ1) is 11.1. The van der Waals surface area contributed by atoms with Crippen molar-refractivity contribution in [2.24, 2.45) is 46.8 Å². The number of aliphatic hydroxyl groups excluding tert-OH is 1. The molecule has 3 nitrogen and oxygen atoms in total. The summed E-state index contributed by atoms with van der Waals surface area (Å²) in [4.78, 5) is 0. The Morgan fingerprint density at radius 2 is 1.46 bits per heavy atom. The van der Waals surface area contributed by atoms with Crippen molar-refractivity contribution >= 4 is 0 Å². The summed E-state index contributed by atoms with van der Waals surface area (Å²) < 4.78 is 6.46. The van der Waals surface area contributed by atoms with Gasteiger partial charge in [-0.2, -0.15) is 0 Å². The molecule has 5 saturated carbocycles. The molecule has 0 aliphatic heterocycles. The Hall–Kier alpha value is -0.120. The second-order valence-corrected chi connectivity index (χ2v) is 11.4. The number of rotatable bonds is 4. The fraction of sp³-hybridized carbons (Fsp3) is 1.00. The lowest BCUT2D eigenvalue weighted by atomic mass is 9.51. The predicted molar refractivity (Wildman–Crippen MR) is 92.0 cm³/mol. The van der Waals surface area contributed by atoms with Crippen LogP contribution in [0.1, 0.15) is 66.2 Å². The minimum atomic E-state index is -0.642. The second kappa shape index (κ2) is 4.58. The van der Waals surface area contributed by atoms with E-state index in [1.54, 1.807) is 0 Å². The molecule has 5 aliphatic carbocycles. The Balaban J connectivity index is 1.34. The molecule has 5 aliphatic rings. The van der Waals surface area contributed by atoms with Crippen LogP contribution in [0.25, 0.3) is 0 Å². The number of fused-ring (bicyclic) bond motifs is 2. The van der Waals surface area contributed by atoms with Crippen molar-refractivity contribution in [2.45, 2.75) is 83.7 Å². The molecule has 136 valence electrons. The quantitative estimate of drug-likeness (QED) is 0.773. The van der Waals surface area contributed by atoms with Gasteiger partial charge in [-0.25, -0.2) is 0 Å². The van der Waals surface area contributed by atoms with Crippen LogP contribution in [0.4, 0.5) is 0 Å². The maximum Gasteiger partial charge on any atom is 0.157 e.